The van der Waals surface area contributed by atoms with Gasteiger partial charge in [0.25, 0.3) is 0 Å². The van der Waals surface area contributed by atoms with E-state index in [0.29, 0.717) is 25.0 Å². The normalized spacial score (nSPS) is 41.0. The Morgan fingerprint density at radius 3 is 2.33 bits per heavy atom. The molecule has 0 saturated heterocycles. The minimum Gasteiger partial charge on any atom is -0.307 e. The second kappa shape index (κ2) is 8.96. The predicted molar refractivity (Wildman–Crippen MR) is 163 cm³/mol. The standard InChI is InChI=1S/C36H45N3O4/c1-21(40)24-19-38-20-39(24)30(43)36-14-12-31(2,3)17-22(36)28-25(41)16-27-33(6)18-23(37-9)29(42)32(4,5)26(33)10-11-34(27,7)35(28,8)13-15-36/h16,18-20,22,26,28H,10-15,17H2,1-8H3. The maximum absolute atomic E-state index is 14.7. The molecule has 0 aliphatic heterocycles. The summed E-state index contributed by atoms with van der Waals surface area (Å²) in [7, 11) is 0. The van der Waals surface area contributed by atoms with E-state index in [1.807, 2.05) is 26.0 Å². The molecule has 228 valence electrons. The van der Waals surface area contributed by atoms with E-state index in [4.69, 9.17) is 6.57 Å². The average Bonchev–Trinajstić information content (AvgIpc) is 3.42. The molecule has 0 amide bonds. The Labute approximate surface area is 255 Å². The maximum atomic E-state index is 14.7. The summed E-state index contributed by atoms with van der Waals surface area (Å²) in [6.07, 6.45) is 12.1. The third-order valence-corrected chi connectivity index (χ3v) is 13.5. The molecule has 3 fully saturated rings. The Hall–Kier alpha value is -3.14. The van der Waals surface area contributed by atoms with Crippen molar-refractivity contribution in [3.8, 4) is 0 Å². The average molecular weight is 584 g/mol. The third-order valence-electron chi connectivity index (χ3n) is 13.5. The van der Waals surface area contributed by atoms with Gasteiger partial charge >= 0.3 is 0 Å². The van der Waals surface area contributed by atoms with Crippen molar-refractivity contribution in [3.05, 3.63) is 53.1 Å². The van der Waals surface area contributed by atoms with Crippen LogP contribution in [-0.2, 0) is 9.59 Å². The van der Waals surface area contributed by atoms with Crippen LogP contribution in [0, 0.1) is 56.8 Å². The highest BCUT2D eigenvalue weighted by Crippen LogP contribution is 2.74. The Morgan fingerprint density at radius 2 is 1.67 bits per heavy atom. The van der Waals surface area contributed by atoms with Gasteiger partial charge in [-0.25, -0.2) is 9.83 Å². The maximum Gasteiger partial charge on any atom is 0.238 e. The van der Waals surface area contributed by atoms with Crippen molar-refractivity contribution < 1.29 is 19.2 Å². The minimum atomic E-state index is -0.751. The molecule has 1 heterocycles. The second-order valence-electron chi connectivity index (χ2n) is 16.4. The van der Waals surface area contributed by atoms with E-state index in [2.05, 4.69) is 44.4 Å². The number of nitrogens with zero attached hydrogens (tertiary/aromatic N) is 3. The Bertz CT molecular complexity index is 1580. The molecule has 0 N–H and O–H groups in total. The summed E-state index contributed by atoms with van der Waals surface area (Å²) in [4.78, 5) is 62.9. The molecule has 7 nitrogen and oxygen atoms in total. The van der Waals surface area contributed by atoms with Crippen molar-refractivity contribution in [2.45, 2.75) is 100 Å². The summed E-state index contributed by atoms with van der Waals surface area (Å²) < 4.78 is 1.46. The van der Waals surface area contributed by atoms with Crippen LogP contribution in [0.3, 0.4) is 0 Å². The SMILES string of the molecule is [C-]#[N+]C1=CC2(C)C3=CC(=O)C4C5CC(C)(C)CCC5(C(=O)n5cncc5C(C)=O)CCC4(C)C3(C)CCC2C(C)(C)C1=O. The van der Waals surface area contributed by atoms with Gasteiger partial charge in [-0.3, -0.25) is 19.0 Å². The first kappa shape index (κ1) is 29.9. The molecule has 0 aromatic carbocycles. The van der Waals surface area contributed by atoms with Gasteiger partial charge in [0.15, 0.2) is 17.3 Å². The van der Waals surface area contributed by atoms with Crippen LogP contribution in [0.5, 0.6) is 0 Å². The zero-order chi connectivity index (χ0) is 31.5. The molecular formula is C36H45N3O4. The number of fused-ring (bicyclic) bond motifs is 7. The van der Waals surface area contributed by atoms with Crippen molar-refractivity contribution in [3.63, 3.8) is 0 Å². The fourth-order valence-electron chi connectivity index (χ4n) is 10.9. The molecule has 7 atom stereocenters. The molecule has 0 radical (unpaired) electrons. The van der Waals surface area contributed by atoms with Crippen molar-refractivity contribution in [1.82, 2.24) is 9.55 Å². The summed E-state index contributed by atoms with van der Waals surface area (Å²) in [6, 6.07) is 0. The lowest BCUT2D eigenvalue weighted by Crippen LogP contribution is -2.66. The van der Waals surface area contributed by atoms with Crippen LogP contribution in [0.4, 0.5) is 0 Å². The first-order valence-electron chi connectivity index (χ1n) is 15.9. The van der Waals surface area contributed by atoms with Crippen molar-refractivity contribution in [2.24, 2.45) is 50.2 Å². The van der Waals surface area contributed by atoms with Gasteiger partial charge in [0.1, 0.15) is 12.0 Å². The molecule has 7 unspecified atom stereocenters. The fourth-order valence-corrected chi connectivity index (χ4v) is 10.9. The van der Waals surface area contributed by atoms with E-state index in [1.165, 1.54) is 24.0 Å². The monoisotopic (exact) mass is 583 g/mol. The lowest BCUT2D eigenvalue weighted by molar-refractivity contribution is -0.164. The molecule has 3 saturated carbocycles. The number of aromatic nitrogens is 2. The van der Waals surface area contributed by atoms with Crippen LogP contribution in [-0.4, -0.2) is 32.8 Å². The molecular weight excluding hydrogens is 538 g/mol. The van der Waals surface area contributed by atoms with E-state index < -0.39 is 21.7 Å². The molecule has 5 aliphatic carbocycles. The van der Waals surface area contributed by atoms with E-state index in [9.17, 15) is 19.2 Å². The number of hydrogen-bond acceptors (Lipinski definition) is 5. The molecule has 5 aliphatic rings. The van der Waals surface area contributed by atoms with Crippen LogP contribution in [0.1, 0.15) is 116 Å². The summed E-state index contributed by atoms with van der Waals surface area (Å²) in [5.74, 6) is -0.846. The number of Topliss-reactive ketones (excluding diaryl/α,β-unsaturated/α-hetero) is 2. The van der Waals surface area contributed by atoms with Crippen molar-refractivity contribution in [1.29, 1.82) is 0 Å². The fraction of sp³-hybridized carbons (Fsp3) is 0.667. The van der Waals surface area contributed by atoms with E-state index >= 15 is 0 Å². The van der Waals surface area contributed by atoms with Crippen LogP contribution in [0.2, 0.25) is 0 Å². The van der Waals surface area contributed by atoms with Gasteiger partial charge in [0, 0.05) is 23.7 Å². The molecule has 0 spiro atoms. The van der Waals surface area contributed by atoms with Gasteiger partial charge in [0.2, 0.25) is 11.6 Å². The Morgan fingerprint density at radius 1 is 1.00 bits per heavy atom. The summed E-state index contributed by atoms with van der Waals surface area (Å²) in [6.45, 7) is 24.4. The summed E-state index contributed by atoms with van der Waals surface area (Å²) in [5.41, 5.74) is -1.27. The number of carbonyl (C=O) groups is 4. The number of carbonyl (C=O) groups excluding carboxylic acids is 4. The van der Waals surface area contributed by atoms with Crippen LogP contribution in [0.15, 0.2) is 35.9 Å². The molecule has 6 rings (SSSR count). The first-order valence-corrected chi connectivity index (χ1v) is 15.9. The highest BCUT2D eigenvalue weighted by molar-refractivity contribution is 6.03. The third kappa shape index (κ3) is 3.68. The Kier molecular flexibility index (Phi) is 6.23. The van der Waals surface area contributed by atoms with Crippen LogP contribution in [0.25, 0.3) is 4.85 Å². The van der Waals surface area contributed by atoms with Crippen LogP contribution >= 0.6 is 0 Å². The summed E-state index contributed by atoms with van der Waals surface area (Å²) >= 11 is 0. The smallest absolute Gasteiger partial charge is 0.238 e. The highest BCUT2D eigenvalue weighted by Gasteiger charge is 2.71. The van der Waals surface area contributed by atoms with Crippen LogP contribution < -0.4 is 0 Å². The van der Waals surface area contributed by atoms with Crippen molar-refractivity contribution in [2.75, 3.05) is 0 Å². The lowest BCUT2D eigenvalue weighted by Gasteiger charge is -2.69. The quantitative estimate of drug-likeness (QED) is 0.269. The van der Waals surface area contributed by atoms with Gasteiger partial charge < -0.3 is 4.79 Å². The summed E-state index contributed by atoms with van der Waals surface area (Å²) in [5, 5.41) is 0. The van der Waals surface area contributed by atoms with Crippen molar-refractivity contribution >= 4 is 23.3 Å². The molecule has 1 aromatic rings. The molecule has 43 heavy (non-hydrogen) atoms. The number of rotatable bonds is 2. The lowest BCUT2D eigenvalue weighted by atomic mass is 9.34. The molecule has 1 aromatic heterocycles. The number of imidazole rings is 1. The van der Waals surface area contributed by atoms with Gasteiger partial charge in [-0.15, -0.1) is 0 Å². The second-order valence-corrected chi connectivity index (χ2v) is 16.4. The predicted octanol–water partition coefficient (Wildman–Crippen LogP) is 7.30. The number of hydrogen-bond donors (Lipinski definition) is 0. The van der Waals surface area contributed by atoms with E-state index in [-0.39, 0.29) is 57.5 Å². The van der Waals surface area contributed by atoms with Gasteiger partial charge in [0.05, 0.1) is 18.2 Å². The zero-order valence-corrected chi connectivity index (χ0v) is 27.0. The van der Waals surface area contributed by atoms with Gasteiger partial charge in [-0.1, -0.05) is 60.1 Å². The molecule has 0 bridgehead atoms. The highest BCUT2D eigenvalue weighted by atomic mass is 16.2. The largest absolute Gasteiger partial charge is 0.307 e. The minimum absolute atomic E-state index is 0.00519. The Balaban J connectivity index is 1.52. The van der Waals surface area contributed by atoms with Gasteiger partial charge in [-0.05, 0) is 79.1 Å². The van der Waals surface area contributed by atoms with E-state index in [1.54, 1.807) is 0 Å². The number of ketones is 3. The number of allylic oxidation sites excluding steroid dienone is 4. The zero-order valence-electron chi connectivity index (χ0n) is 27.0. The van der Waals surface area contributed by atoms with Gasteiger partial charge in [-0.2, -0.15) is 0 Å². The first-order chi connectivity index (χ1) is 19.9. The van der Waals surface area contributed by atoms with E-state index in [0.717, 1.165) is 31.3 Å². The molecule has 7 heteroatoms. The topological polar surface area (TPSA) is 90.5 Å².